The summed E-state index contributed by atoms with van der Waals surface area (Å²) in [5.41, 5.74) is 0. The van der Waals surface area contributed by atoms with Gasteiger partial charge in [0.25, 0.3) is 0 Å². The van der Waals surface area contributed by atoms with Gasteiger partial charge in [-0.3, -0.25) is 4.58 Å². The fraction of sp³-hybridized carbons (Fsp3) is 0.800. The van der Waals surface area contributed by atoms with E-state index in [1.54, 1.807) is 20.7 Å². The molecule has 0 bridgehead atoms. The Morgan fingerprint density at radius 2 is 1.56 bits per heavy atom. The molecule has 0 aliphatic heterocycles. The highest BCUT2D eigenvalue weighted by molar-refractivity contribution is 7.69. The maximum atomic E-state index is 4.64. The van der Waals surface area contributed by atoms with Gasteiger partial charge < -0.3 is 28.9 Å². The van der Waals surface area contributed by atoms with Gasteiger partial charge in [0, 0.05) is 27.4 Å². The highest BCUT2D eigenvalue weighted by Gasteiger charge is 2.22. The van der Waals surface area contributed by atoms with E-state index in [4.69, 9.17) is 0 Å². The van der Waals surface area contributed by atoms with E-state index in [-0.39, 0.29) is 24.0 Å². The lowest BCUT2D eigenvalue weighted by molar-refractivity contribution is -0.00000355. The zero-order valence-corrected chi connectivity index (χ0v) is 14.5. The molecule has 0 aromatic carbocycles. The van der Waals surface area contributed by atoms with Gasteiger partial charge in [-0.25, -0.2) is 0 Å². The van der Waals surface area contributed by atoms with Crippen LogP contribution in [0.4, 0.5) is 5.13 Å². The average molecular weight is 373 g/mol. The molecule has 0 amide bonds. The summed E-state index contributed by atoms with van der Waals surface area (Å²) in [6.07, 6.45) is 0. The van der Waals surface area contributed by atoms with Gasteiger partial charge >= 0.3 is 9.93 Å². The van der Waals surface area contributed by atoms with E-state index in [2.05, 4.69) is 42.2 Å². The number of hydrogen-bond acceptors (Lipinski definition) is 4. The minimum absolute atomic E-state index is 0. The predicted molar refractivity (Wildman–Crippen MR) is 69.9 cm³/mol. The lowest BCUT2D eigenvalue weighted by atomic mass is 10.2. The summed E-state index contributed by atoms with van der Waals surface area (Å²) in [6, 6.07) is 0.997. The zero-order valence-electron chi connectivity index (χ0n) is 10.7. The van der Waals surface area contributed by atoms with Crippen LogP contribution in [-0.4, -0.2) is 31.2 Å². The Hall–Kier alpha value is 0.310. The molecule has 1 aromatic heterocycles. The van der Waals surface area contributed by atoms with Gasteiger partial charge in [-0.15, -0.1) is 0 Å². The van der Waals surface area contributed by atoms with Crippen LogP contribution >= 0.6 is 20.7 Å². The topological polar surface area (TPSA) is 19.1 Å². The van der Waals surface area contributed by atoms with Crippen molar-refractivity contribution in [3.63, 3.8) is 0 Å². The van der Waals surface area contributed by atoms with E-state index in [9.17, 15) is 0 Å². The summed E-state index contributed by atoms with van der Waals surface area (Å²) in [4.78, 5) is 8.08. The normalized spacial score (nSPS) is 10.5. The van der Waals surface area contributed by atoms with Crippen molar-refractivity contribution in [3.05, 3.63) is 4.80 Å². The van der Waals surface area contributed by atoms with Gasteiger partial charge in [0.15, 0.2) is 0 Å². The van der Waals surface area contributed by atoms with Crippen LogP contribution in [-0.2, 0) is 0 Å². The van der Waals surface area contributed by atoms with Crippen molar-refractivity contribution in [2.45, 2.75) is 39.8 Å². The van der Waals surface area contributed by atoms with Gasteiger partial charge in [-0.05, 0) is 38.0 Å². The number of aromatic nitrogens is 1. The zero-order chi connectivity index (χ0) is 11.6. The van der Waals surface area contributed by atoms with Crippen molar-refractivity contribution >= 4 is 25.8 Å². The minimum atomic E-state index is 0. The largest absolute Gasteiger partial charge is 1.00 e. The summed E-state index contributed by atoms with van der Waals surface area (Å²) < 4.78 is 2.06. The van der Waals surface area contributed by atoms with Crippen LogP contribution in [0.5, 0.6) is 0 Å². The second-order valence-corrected chi connectivity index (χ2v) is 6.40. The third kappa shape index (κ3) is 3.96. The van der Waals surface area contributed by atoms with E-state index in [0.29, 0.717) is 12.1 Å². The molecule has 0 saturated heterocycles. The van der Waals surface area contributed by atoms with Crippen LogP contribution in [0.25, 0.3) is 0 Å². The maximum absolute atomic E-state index is 4.64. The molecular weight excluding hydrogens is 353 g/mol. The molecule has 0 saturated carbocycles. The first-order valence-electron chi connectivity index (χ1n) is 5.19. The van der Waals surface area contributed by atoms with E-state index in [0.717, 1.165) is 9.93 Å². The average Bonchev–Trinajstić information content (AvgIpc) is 2.51. The van der Waals surface area contributed by atoms with Crippen molar-refractivity contribution in [2.75, 3.05) is 19.0 Å². The molecule has 0 aliphatic rings. The lowest BCUT2D eigenvalue weighted by Gasteiger charge is -2.27. The molecule has 6 heteroatoms. The summed E-state index contributed by atoms with van der Waals surface area (Å²) in [6.45, 7) is 8.84. The summed E-state index contributed by atoms with van der Waals surface area (Å²) in [5.74, 6) is 0. The second kappa shape index (κ2) is 6.90. The molecule has 0 N–H and O–H groups in total. The minimum Gasteiger partial charge on any atom is -1.00 e. The Morgan fingerprint density at radius 3 is 1.88 bits per heavy atom. The van der Waals surface area contributed by atoms with Gasteiger partial charge in [-0.1, -0.05) is 0 Å². The van der Waals surface area contributed by atoms with Crippen LogP contribution in [0.1, 0.15) is 27.7 Å². The molecule has 0 radical (unpaired) electrons. The Kier molecular flexibility index (Phi) is 7.04. The number of hydrogen-bond donors (Lipinski definition) is 0. The lowest BCUT2D eigenvalue weighted by Crippen LogP contribution is -3.00. The third-order valence-electron chi connectivity index (χ3n) is 2.10. The first-order chi connectivity index (χ1) is 6.93. The number of nitrogens with zero attached hydrogens (tertiary/aromatic N) is 3. The van der Waals surface area contributed by atoms with Gasteiger partial charge in [0.1, 0.15) is 0 Å². The third-order valence-corrected chi connectivity index (χ3v) is 4.38. The molecule has 3 nitrogen and oxygen atoms in total. The maximum Gasteiger partial charge on any atom is 0.390 e. The molecule has 0 atom stereocenters. The predicted octanol–water partition coefficient (Wildman–Crippen LogP) is -1.14. The van der Waals surface area contributed by atoms with E-state index in [1.165, 1.54) is 0 Å². The Labute approximate surface area is 122 Å². The van der Waals surface area contributed by atoms with Crippen LogP contribution in [0.3, 0.4) is 0 Å². The molecule has 94 valence electrons. The van der Waals surface area contributed by atoms with Crippen LogP contribution in [0.2, 0.25) is 0 Å². The highest BCUT2D eigenvalue weighted by atomic mass is 127. The molecule has 0 unspecified atom stereocenters. The molecule has 0 aliphatic carbocycles. The van der Waals surface area contributed by atoms with Crippen LogP contribution in [0, 0.1) is 0 Å². The first kappa shape index (κ1) is 16.3. The Bertz CT molecular complexity index is 369. The van der Waals surface area contributed by atoms with Crippen molar-refractivity contribution in [1.29, 1.82) is 0 Å². The van der Waals surface area contributed by atoms with Gasteiger partial charge in [0.05, 0.1) is 14.1 Å². The Balaban J connectivity index is 0.00000225. The van der Waals surface area contributed by atoms with Gasteiger partial charge in [-0.2, -0.15) is 0 Å². The fourth-order valence-electron chi connectivity index (χ4n) is 1.51. The van der Waals surface area contributed by atoms with Crippen molar-refractivity contribution in [3.8, 4) is 0 Å². The molecule has 1 aromatic rings. The van der Waals surface area contributed by atoms with E-state index >= 15 is 0 Å². The number of halogens is 1. The summed E-state index contributed by atoms with van der Waals surface area (Å²) >= 11 is 0. The molecule has 0 fully saturated rings. The second-order valence-electron chi connectivity index (χ2n) is 4.33. The molecule has 16 heavy (non-hydrogen) atoms. The summed E-state index contributed by atoms with van der Waals surface area (Å²) in [5, 5.41) is 1.13. The molecule has 0 spiro atoms. The van der Waals surface area contributed by atoms with Crippen molar-refractivity contribution in [1.82, 2.24) is 9.56 Å². The van der Waals surface area contributed by atoms with E-state index < -0.39 is 0 Å². The standard InChI is InChI=1S/C10H20N3S2.HI/c1-7(2)13(8(3)4)10-11-9(12(5)6)14-15-10;/h7-8H,1-6H3;1H/q+1;/p-1. The number of anilines is 1. The monoisotopic (exact) mass is 373 g/mol. The fourth-order valence-corrected chi connectivity index (χ4v) is 3.99. The van der Waals surface area contributed by atoms with E-state index in [1.807, 2.05) is 14.1 Å². The van der Waals surface area contributed by atoms with Crippen LogP contribution in [0.15, 0.2) is 0 Å². The quantitative estimate of drug-likeness (QED) is 0.379. The molecule has 1 heterocycles. The first-order valence-corrected chi connectivity index (χ1v) is 7.34. The SMILES string of the molecule is CC(C)N(c1nc(=[N+](C)C)ss1)C(C)C.[I-]. The van der Waals surface area contributed by atoms with Crippen molar-refractivity contribution in [2.24, 2.45) is 0 Å². The van der Waals surface area contributed by atoms with Gasteiger partial charge in [0.2, 0.25) is 0 Å². The molecule has 1 rings (SSSR count). The Morgan fingerprint density at radius 1 is 1.06 bits per heavy atom. The smallest absolute Gasteiger partial charge is 0.390 e. The highest BCUT2D eigenvalue weighted by Crippen LogP contribution is 2.23. The summed E-state index contributed by atoms with van der Waals surface area (Å²) in [7, 11) is 7.56. The van der Waals surface area contributed by atoms with Crippen molar-refractivity contribution < 1.29 is 24.0 Å². The number of rotatable bonds is 3. The van der Waals surface area contributed by atoms with Crippen LogP contribution < -0.4 is 38.3 Å². The molecular formula is C10H20IN3S2.